The number of carbonyl (C=O) groups excluding carboxylic acids is 1. The van der Waals surface area contributed by atoms with Crippen LogP contribution in [-0.4, -0.2) is 22.7 Å². The molecular weight excluding hydrogens is 352 g/mol. The molecule has 0 aliphatic carbocycles. The molecule has 0 aliphatic rings. The number of hydrazine groups is 1. The van der Waals surface area contributed by atoms with Crippen molar-refractivity contribution in [1.29, 1.82) is 0 Å². The number of hydrogen-bond acceptors (Lipinski definition) is 4. The van der Waals surface area contributed by atoms with Gasteiger partial charge in [-0.15, -0.1) is 0 Å². The summed E-state index contributed by atoms with van der Waals surface area (Å²) in [4.78, 5) is 25.9. The number of hydrogen-bond donors (Lipinski definition) is 1. The first kappa shape index (κ1) is 17.5. The zero-order chi connectivity index (χ0) is 19.5. The van der Waals surface area contributed by atoms with Crippen LogP contribution in [-0.2, 0) is 0 Å². The number of fused-ring (bicyclic) bond motifs is 1. The van der Waals surface area contributed by atoms with E-state index < -0.39 is 5.91 Å². The lowest BCUT2D eigenvalue weighted by molar-refractivity contribution is 0.0946. The van der Waals surface area contributed by atoms with Crippen molar-refractivity contribution in [2.45, 2.75) is 0 Å². The van der Waals surface area contributed by atoms with Gasteiger partial charge in [0.25, 0.3) is 11.5 Å². The molecule has 0 bridgehead atoms. The standard InChI is InChI=1S/C22H18N4O2/c1-25(16-10-4-2-5-11-16)24-21(27)20-18-14-8-9-15-19(18)22(28)26(23-20)17-12-6-3-7-13-17/h2-15H,1H3,(H,24,27). The summed E-state index contributed by atoms with van der Waals surface area (Å²) in [5.41, 5.74) is 4.16. The van der Waals surface area contributed by atoms with Gasteiger partial charge in [0.05, 0.1) is 16.8 Å². The lowest BCUT2D eigenvalue weighted by Gasteiger charge is -2.20. The first-order chi connectivity index (χ1) is 13.6. The molecule has 0 fully saturated rings. The molecule has 4 rings (SSSR count). The first-order valence-corrected chi connectivity index (χ1v) is 8.82. The third kappa shape index (κ3) is 3.23. The fraction of sp³-hybridized carbons (Fsp3) is 0.0455. The van der Waals surface area contributed by atoms with Gasteiger partial charge in [0.1, 0.15) is 0 Å². The van der Waals surface area contributed by atoms with Gasteiger partial charge in [-0.1, -0.05) is 54.6 Å². The average Bonchev–Trinajstić information content (AvgIpc) is 2.75. The first-order valence-electron chi connectivity index (χ1n) is 8.82. The van der Waals surface area contributed by atoms with Crippen LogP contribution in [0, 0.1) is 0 Å². The van der Waals surface area contributed by atoms with Gasteiger partial charge in [-0.3, -0.25) is 20.0 Å². The Morgan fingerprint density at radius 2 is 1.43 bits per heavy atom. The van der Waals surface area contributed by atoms with Gasteiger partial charge >= 0.3 is 0 Å². The molecule has 0 saturated heterocycles. The van der Waals surface area contributed by atoms with Crippen LogP contribution in [0.4, 0.5) is 5.69 Å². The maximum Gasteiger partial charge on any atom is 0.290 e. The molecule has 0 saturated carbocycles. The number of para-hydroxylation sites is 2. The van der Waals surface area contributed by atoms with Crippen molar-refractivity contribution in [3.8, 4) is 5.69 Å². The predicted molar refractivity (Wildman–Crippen MR) is 110 cm³/mol. The molecule has 1 amide bonds. The van der Waals surface area contributed by atoms with E-state index in [1.54, 1.807) is 48.5 Å². The topological polar surface area (TPSA) is 67.2 Å². The molecule has 1 aromatic heterocycles. The Morgan fingerprint density at radius 3 is 2.11 bits per heavy atom. The molecule has 3 aromatic carbocycles. The number of nitrogens with one attached hydrogen (secondary N) is 1. The van der Waals surface area contributed by atoms with Crippen LogP contribution in [0.2, 0.25) is 0 Å². The summed E-state index contributed by atoms with van der Waals surface area (Å²) in [5.74, 6) is -0.396. The molecule has 0 spiro atoms. The van der Waals surface area contributed by atoms with E-state index in [1.807, 2.05) is 48.5 Å². The maximum atomic E-state index is 13.0. The molecule has 0 radical (unpaired) electrons. The highest BCUT2D eigenvalue weighted by atomic mass is 16.2. The van der Waals surface area contributed by atoms with Gasteiger partial charge in [-0.25, -0.2) is 0 Å². The van der Waals surface area contributed by atoms with Crippen molar-refractivity contribution < 1.29 is 4.79 Å². The number of rotatable bonds is 4. The zero-order valence-corrected chi connectivity index (χ0v) is 15.2. The highest BCUT2D eigenvalue weighted by Gasteiger charge is 2.18. The SMILES string of the molecule is CN(NC(=O)c1nn(-c2ccccc2)c(=O)c2ccccc12)c1ccccc1. The van der Waals surface area contributed by atoms with Crippen molar-refractivity contribution in [3.63, 3.8) is 0 Å². The molecule has 0 aliphatic heterocycles. The normalized spacial score (nSPS) is 10.6. The van der Waals surface area contributed by atoms with Gasteiger partial charge in [0, 0.05) is 12.4 Å². The lowest BCUT2D eigenvalue weighted by atomic mass is 10.1. The summed E-state index contributed by atoms with van der Waals surface area (Å²) >= 11 is 0. The Labute approximate surface area is 161 Å². The lowest BCUT2D eigenvalue weighted by Crippen LogP contribution is -2.40. The van der Waals surface area contributed by atoms with Gasteiger partial charge in [0.15, 0.2) is 5.69 Å². The Bertz CT molecular complexity index is 1190. The largest absolute Gasteiger partial charge is 0.290 e. The molecule has 0 unspecified atom stereocenters. The summed E-state index contributed by atoms with van der Waals surface area (Å²) in [6.07, 6.45) is 0. The van der Waals surface area contributed by atoms with Crippen molar-refractivity contribution in [2.75, 3.05) is 12.1 Å². The van der Waals surface area contributed by atoms with E-state index in [9.17, 15) is 9.59 Å². The monoisotopic (exact) mass is 370 g/mol. The highest BCUT2D eigenvalue weighted by molar-refractivity contribution is 6.05. The summed E-state index contributed by atoms with van der Waals surface area (Å²) in [6, 6.07) is 25.5. The minimum Gasteiger partial charge on any atom is -0.288 e. The molecule has 138 valence electrons. The molecule has 4 aromatic rings. The Morgan fingerprint density at radius 1 is 0.857 bits per heavy atom. The van der Waals surface area contributed by atoms with Crippen LogP contribution < -0.4 is 16.0 Å². The van der Waals surface area contributed by atoms with Gasteiger partial charge in [-0.2, -0.15) is 9.78 Å². The Hall–Kier alpha value is -3.93. The van der Waals surface area contributed by atoms with Crippen molar-refractivity contribution in [2.24, 2.45) is 0 Å². The van der Waals surface area contributed by atoms with Crippen LogP contribution >= 0.6 is 0 Å². The second kappa shape index (κ2) is 7.36. The number of benzene rings is 3. The van der Waals surface area contributed by atoms with Crippen molar-refractivity contribution >= 4 is 22.4 Å². The Kier molecular flexibility index (Phi) is 4.60. The van der Waals surface area contributed by atoms with Crippen molar-refractivity contribution in [3.05, 3.63) is 101 Å². The number of aromatic nitrogens is 2. The van der Waals surface area contributed by atoms with E-state index in [2.05, 4.69) is 10.5 Å². The Balaban J connectivity index is 1.81. The molecule has 28 heavy (non-hydrogen) atoms. The van der Waals surface area contributed by atoms with Crippen LogP contribution in [0.5, 0.6) is 0 Å². The number of amides is 1. The molecule has 0 atom stereocenters. The quantitative estimate of drug-likeness (QED) is 0.561. The molecular formula is C22H18N4O2. The number of anilines is 1. The summed E-state index contributed by atoms with van der Waals surface area (Å²) in [5, 5.41) is 6.96. The zero-order valence-electron chi connectivity index (χ0n) is 15.2. The third-order valence-corrected chi connectivity index (χ3v) is 4.43. The van der Waals surface area contributed by atoms with E-state index >= 15 is 0 Å². The molecule has 1 N–H and O–H groups in total. The number of carbonyl (C=O) groups is 1. The highest BCUT2D eigenvalue weighted by Crippen LogP contribution is 2.16. The van der Waals surface area contributed by atoms with Crippen LogP contribution in [0.3, 0.4) is 0 Å². The van der Waals surface area contributed by atoms with Crippen LogP contribution in [0.1, 0.15) is 10.5 Å². The second-order valence-corrected chi connectivity index (χ2v) is 6.28. The predicted octanol–water partition coefficient (Wildman–Crippen LogP) is 3.17. The minimum absolute atomic E-state index is 0.182. The van der Waals surface area contributed by atoms with E-state index in [4.69, 9.17) is 0 Å². The summed E-state index contributed by atoms with van der Waals surface area (Å²) < 4.78 is 1.26. The van der Waals surface area contributed by atoms with Crippen LogP contribution in [0.25, 0.3) is 16.5 Å². The average molecular weight is 370 g/mol. The summed E-state index contributed by atoms with van der Waals surface area (Å²) in [6.45, 7) is 0. The number of nitrogens with zero attached hydrogens (tertiary/aromatic N) is 3. The molecule has 6 nitrogen and oxygen atoms in total. The summed E-state index contributed by atoms with van der Waals surface area (Å²) in [7, 11) is 1.75. The fourth-order valence-corrected chi connectivity index (χ4v) is 3.02. The van der Waals surface area contributed by atoms with E-state index in [-0.39, 0.29) is 11.3 Å². The van der Waals surface area contributed by atoms with Crippen molar-refractivity contribution in [1.82, 2.24) is 15.2 Å². The minimum atomic E-state index is -0.396. The van der Waals surface area contributed by atoms with E-state index in [1.165, 1.54) is 4.68 Å². The molecule has 6 heteroatoms. The van der Waals surface area contributed by atoms with E-state index in [0.29, 0.717) is 16.5 Å². The van der Waals surface area contributed by atoms with Gasteiger partial charge in [0.2, 0.25) is 0 Å². The third-order valence-electron chi connectivity index (χ3n) is 4.43. The van der Waals surface area contributed by atoms with Crippen LogP contribution in [0.15, 0.2) is 89.7 Å². The van der Waals surface area contributed by atoms with Gasteiger partial charge in [-0.05, 0) is 30.3 Å². The van der Waals surface area contributed by atoms with Gasteiger partial charge < -0.3 is 0 Å². The second-order valence-electron chi connectivity index (χ2n) is 6.28. The molecule has 1 heterocycles. The fourth-order valence-electron chi connectivity index (χ4n) is 3.02. The smallest absolute Gasteiger partial charge is 0.288 e. The maximum absolute atomic E-state index is 13.0. The van der Waals surface area contributed by atoms with E-state index in [0.717, 1.165) is 5.69 Å².